The molecule has 0 saturated carbocycles. The summed E-state index contributed by atoms with van der Waals surface area (Å²) in [4.78, 5) is 4.24. The predicted octanol–water partition coefficient (Wildman–Crippen LogP) is 3.48. The van der Waals surface area contributed by atoms with E-state index in [1.54, 1.807) is 0 Å². The van der Waals surface area contributed by atoms with Crippen LogP contribution in [0.1, 0.15) is 11.1 Å². The van der Waals surface area contributed by atoms with E-state index in [4.69, 9.17) is 4.74 Å². The first kappa shape index (κ1) is 17.4. The van der Waals surface area contributed by atoms with Crippen LogP contribution in [0.2, 0.25) is 0 Å². The molecule has 3 nitrogen and oxygen atoms in total. The van der Waals surface area contributed by atoms with Gasteiger partial charge in [0.25, 0.3) is 0 Å². The highest BCUT2D eigenvalue weighted by Gasteiger charge is 2.00. The quantitative estimate of drug-likeness (QED) is 0.742. The summed E-state index contributed by atoms with van der Waals surface area (Å²) in [6.45, 7) is 1.66. The monoisotopic (exact) mass is 312 g/mol. The van der Waals surface area contributed by atoms with E-state index in [2.05, 4.69) is 86.5 Å². The van der Waals surface area contributed by atoms with Crippen molar-refractivity contribution in [1.29, 1.82) is 0 Å². The molecule has 0 aliphatic carbocycles. The van der Waals surface area contributed by atoms with E-state index in [9.17, 15) is 0 Å². The molecule has 0 atom stereocenters. The van der Waals surface area contributed by atoms with Gasteiger partial charge in [-0.3, -0.25) is 0 Å². The molecule has 0 aromatic heterocycles. The first-order valence-corrected chi connectivity index (χ1v) is 8.17. The molecule has 0 heterocycles. The molecule has 124 valence electrons. The Balaban J connectivity index is 1.81. The summed E-state index contributed by atoms with van der Waals surface area (Å²) in [5.74, 6) is 0.950. The van der Waals surface area contributed by atoms with Gasteiger partial charge in [0.2, 0.25) is 0 Å². The lowest BCUT2D eigenvalue weighted by Gasteiger charge is -2.13. The minimum absolute atomic E-state index is 0.727. The molecule has 0 aliphatic rings. The van der Waals surface area contributed by atoms with E-state index in [0.29, 0.717) is 0 Å². The zero-order valence-electron chi connectivity index (χ0n) is 14.7. The molecule has 23 heavy (non-hydrogen) atoms. The lowest BCUT2D eigenvalue weighted by atomic mass is 10.0. The highest BCUT2D eigenvalue weighted by Crippen LogP contribution is 2.16. The number of hydrogen-bond donors (Lipinski definition) is 0. The maximum atomic E-state index is 5.72. The summed E-state index contributed by atoms with van der Waals surface area (Å²) in [7, 11) is 8.24. The van der Waals surface area contributed by atoms with Gasteiger partial charge in [-0.15, -0.1) is 0 Å². The van der Waals surface area contributed by atoms with Crippen LogP contribution in [0.25, 0.3) is 0 Å². The summed E-state index contributed by atoms with van der Waals surface area (Å²) in [6, 6.07) is 17.3. The Kier molecular flexibility index (Phi) is 6.48. The fourth-order valence-corrected chi connectivity index (χ4v) is 2.35. The second-order valence-electron chi connectivity index (χ2n) is 6.36. The van der Waals surface area contributed by atoms with Gasteiger partial charge in [0.15, 0.2) is 0 Å². The molecule has 0 aliphatic heterocycles. The third-order valence-corrected chi connectivity index (χ3v) is 3.89. The number of hydrogen-bond acceptors (Lipinski definition) is 3. The fraction of sp³-hybridized carbons (Fsp3) is 0.400. The first-order chi connectivity index (χ1) is 11.0. The van der Waals surface area contributed by atoms with Gasteiger partial charge in [0.1, 0.15) is 12.4 Å². The van der Waals surface area contributed by atoms with Crippen molar-refractivity contribution in [1.82, 2.24) is 4.90 Å². The Morgan fingerprint density at radius 2 is 1.26 bits per heavy atom. The Labute approximate surface area is 140 Å². The van der Waals surface area contributed by atoms with Crippen molar-refractivity contribution in [3.63, 3.8) is 0 Å². The molecule has 2 aromatic carbocycles. The molecule has 0 bridgehead atoms. The molecule has 0 unspecified atom stereocenters. The van der Waals surface area contributed by atoms with Gasteiger partial charge in [-0.2, -0.15) is 0 Å². The Morgan fingerprint density at radius 1 is 0.739 bits per heavy atom. The van der Waals surface area contributed by atoms with Gasteiger partial charge < -0.3 is 14.5 Å². The Hall–Kier alpha value is -2.00. The summed E-state index contributed by atoms with van der Waals surface area (Å²) in [6.07, 6.45) is 2.12. The van der Waals surface area contributed by atoms with E-state index >= 15 is 0 Å². The van der Waals surface area contributed by atoms with Crippen molar-refractivity contribution in [2.75, 3.05) is 46.2 Å². The second-order valence-corrected chi connectivity index (χ2v) is 6.36. The molecule has 0 amide bonds. The minimum atomic E-state index is 0.727. The third-order valence-electron chi connectivity index (χ3n) is 3.89. The van der Waals surface area contributed by atoms with Crippen LogP contribution in [0, 0.1) is 0 Å². The van der Waals surface area contributed by atoms with Crippen molar-refractivity contribution in [2.45, 2.75) is 12.8 Å². The lowest BCUT2D eigenvalue weighted by Crippen LogP contribution is -2.19. The van der Waals surface area contributed by atoms with Gasteiger partial charge in [0, 0.05) is 26.3 Å². The highest BCUT2D eigenvalue weighted by molar-refractivity contribution is 5.46. The number of aryl methyl sites for hydroxylation is 2. The van der Waals surface area contributed by atoms with Gasteiger partial charge >= 0.3 is 0 Å². The van der Waals surface area contributed by atoms with Crippen molar-refractivity contribution >= 4 is 5.69 Å². The van der Waals surface area contributed by atoms with Crippen LogP contribution in [0.4, 0.5) is 5.69 Å². The maximum absolute atomic E-state index is 5.72. The third kappa shape index (κ3) is 5.95. The van der Waals surface area contributed by atoms with Gasteiger partial charge in [0.05, 0.1) is 0 Å². The number of rotatable bonds is 8. The zero-order valence-corrected chi connectivity index (χ0v) is 14.7. The van der Waals surface area contributed by atoms with Crippen LogP contribution >= 0.6 is 0 Å². The molecule has 2 rings (SSSR count). The normalized spacial score (nSPS) is 10.8. The van der Waals surface area contributed by atoms with Crippen molar-refractivity contribution in [3.05, 3.63) is 59.7 Å². The van der Waals surface area contributed by atoms with Crippen molar-refractivity contribution in [2.24, 2.45) is 0 Å². The summed E-state index contributed by atoms with van der Waals surface area (Å²) >= 11 is 0. The number of likely N-dealkylation sites (N-methyl/N-ethyl adjacent to an activating group) is 1. The average Bonchev–Trinajstić information content (AvgIpc) is 2.54. The van der Waals surface area contributed by atoms with Crippen molar-refractivity contribution < 1.29 is 4.74 Å². The first-order valence-electron chi connectivity index (χ1n) is 8.17. The molecule has 0 radical (unpaired) electrons. The lowest BCUT2D eigenvalue weighted by molar-refractivity contribution is 0.261. The SMILES string of the molecule is CN(C)CCOc1ccc(CCc2ccc(N(C)C)cc2)cc1. The van der Waals surface area contributed by atoms with Crippen molar-refractivity contribution in [3.8, 4) is 5.75 Å². The highest BCUT2D eigenvalue weighted by atomic mass is 16.5. The zero-order chi connectivity index (χ0) is 16.7. The Morgan fingerprint density at radius 3 is 1.74 bits per heavy atom. The predicted molar refractivity (Wildman–Crippen MR) is 98.7 cm³/mol. The largest absolute Gasteiger partial charge is 0.492 e. The molecule has 3 heteroatoms. The minimum Gasteiger partial charge on any atom is -0.492 e. The molecular weight excluding hydrogens is 284 g/mol. The van der Waals surface area contributed by atoms with Crippen LogP contribution in [-0.4, -0.2) is 46.2 Å². The smallest absolute Gasteiger partial charge is 0.119 e. The fourth-order valence-electron chi connectivity index (χ4n) is 2.35. The molecule has 0 spiro atoms. The Bertz CT molecular complexity index is 574. The molecule has 0 saturated heterocycles. The van der Waals surface area contributed by atoms with Gasteiger partial charge in [-0.25, -0.2) is 0 Å². The van der Waals surface area contributed by atoms with E-state index < -0.39 is 0 Å². The summed E-state index contributed by atoms with van der Waals surface area (Å²) < 4.78 is 5.72. The van der Waals surface area contributed by atoms with Crippen LogP contribution in [0.3, 0.4) is 0 Å². The second kappa shape index (κ2) is 8.59. The van der Waals surface area contributed by atoms with E-state index in [1.807, 2.05) is 0 Å². The van der Waals surface area contributed by atoms with Gasteiger partial charge in [-0.05, 0) is 62.3 Å². The van der Waals surface area contributed by atoms with E-state index in [-0.39, 0.29) is 0 Å². The molecule has 0 N–H and O–H groups in total. The van der Waals surface area contributed by atoms with E-state index in [0.717, 1.165) is 31.7 Å². The average molecular weight is 312 g/mol. The molecule has 0 fully saturated rings. The number of benzene rings is 2. The summed E-state index contributed by atoms with van der Waals surface area (Å²) in [5.41, 5.74) is 3.97. The maximum Gasteiger partial charge on any atom is 0.119 e. The van der Waals surface area contributed by atoms with Crippen LogP contribution in [0.15, 0.2) is 48.5 Å². The summed E-state index contributed by atoms with van der Waals surface area (Å²) in [5, 5.41) is 0. The molecular formula is C20H28N2O. The topological polar surface area (TPSA) is 15.7 Å². The van der Waals surface area contributed by atoms with Crippen LogP contribution in [-0.2, 0) is 12.8 Å². The van der Waals surface area contributed by atoms with E-state index in [1.165, 1.54) is 16.8 Å². The van der Waals surface area contributed by atoms with Crippen LogP contribution < -0.4 is 9.64 Å². The number of anilines is 1. The standard InChI is InChI=1S/C20H28N2O/c1-21(2)15-16-23-20-13-9-18(10-14-20)6-5-17-7-11-19(12-8-17)22(3)4/h7-14H,5-6,15-16H2,1-4H3. The number of nitrogens with zero attached hydrogens (tertiary/aromatic N) is 2. The number of ether oxygens (including phenoxy) is 1. The van der Waals surface area contributed by atoms with Gasteiger partial charge in [-0.1, -0.05) is 24.3 Å². The van der Waals surface area contributed by atoms with Crippen LogP contribution in [0.5, 0.6) is 5.75 Å². The molecule has 2 aromatic rings.